The molecule has 0 saturated carbocycles. The van der Waals surface area contributed by atoms with Crippen LogP contribution in [0.3, 0.4) is 0 Å². The summed E-state index contributed by atoms with van der Waals surface area (Å²) < 4.78 is 23.8. The number of quaternary nitrogens is 1. The molecular formula is C71H140N2O6P+. The SMILES string of the molecule is CCCCCCCCCCCCCCCCC/C=C/CC/C=C/C(O)C(COP(=O)(O)OCC[N+](C)(C)C)NC(=O)CCCCCCCCCCCCCCCCCCC/C=C\CCCCCCCCCCCCCCCCCC. The maximum absolute atomic E-state index is 13.0. The summed E-state index contributed by atoms with van der Waals surface area (Å²) in [6.45, 7) is 4.85. The first-order valence-electron chi connectivity index (χ1n) is 35.4. The van der Waals surface area contributed by atoms with Crippen molar-refractivity contribution < 1.29 is 32.9 Å². The van der Waals surface area contributed by atoms with Gasteiger partial charge in [0.25, 0.3) is 0 Å². The second kappa shape index (κ2) is 62.3. The zero-order valence-electron chi connectivity index (χ0n) is 54.3. The third kappa shape index (κ3) is 64.3. The van der Waals surface area contributed by atoms with Crippen molar-refractivity contribution in [3.8, 4) is 0 Å². The highest BCUT2D eigenvalue weighted by Gasteiger charge is 2.28. The Balaban J connectivity index is 3.99. The predicted molar refractivity (Wildman–Crippen MR) is 351 cm³/mol. The average Bonchev–Trinajstić information content (AvgIpc) is 3.42. The number of hydrogen-bond donors (Lipinski definition) is 3. The summed E-state index contributed by atoms with van der Waals surface area (Å²) in [5.74, 6) is -0.180. The van der Waals surface area contributed by atoms with E-state index in [9.17, 15) is 19.4 Å². The average molecular weight is 1150 g/mol. The minimum Gasteiger partial charge on any atom is -0.387 e. The number of unbranched alkanes of at least 4 members (excludes halogenated alkanes) is 49. The first-order valence-corrected chi connectivity index (χ1v) is 36.9. The van der Waals surface area contributed by atoms with E-state index in [-0.39, 0.29) is 19.1 Å². The van der Waals surface area contributed by atoms with Crippen molar-refractivity contribution in [2.75, 3.05) is 40.9 Å². The van der Waals surface area contributed by atoms with Crippen molar-refractivity contribution >= 4 is 13.7 Å². The Labute approximate surface area is 499 Å². The van der Waals surface area contributed by atoms with Gasteiger partial charge in [0.1, 0.15) is 13.2 Å². The maximum atomic E-state index is 13.0. The number of amides is 1. The summed E-state index contributed by atoms with van der Waals surface area (Å²) in [5, 5.41) is 14.0. The highest BCUT2D eigenvalue weighted by Crippen LogP contribution is 2.43. The summed E-state index contributed by atoms with van der Waals surface area (Å²) in [5.41, 5.74) is 0. The van der Waals surface area contributed by atoms with Crippen LogP contribution >= 0.6 is 7.82 Å². The minimum absolute atomic E-state index is 0.0578. The Kier molecular flexibility index (Phi) is 61.3. The Morgan fingerprint density at radius 2 is 0.688 bits per heavy atom. The molecule has 3 atom stereocenters. The lowest BCUT2D eigenvalue weighted by molar-refractivity contribution is -0.870. The molecule has 0 rings (SSSR count). The number of nitrogens with zero attached hydrogens (tertiary/aromatic N) is 1. The van der Waals surface area contributed by atoms with Gasteiger partial charge in [0, 0.05) is 6.42 Å². The molecule has 0 radical (unpaired) electrons. The van der Waals surface area contributed by atoms with Crippen molar-refractivity contribution in [3.05, 3.63) is 36.5 Å². The number of aliphatic hydroxyl groups excluding tert-OH is 1. The van der Waals surface area contributed by atoms with Gasteiger partial charge in [0.05, 0.1) is 39.9 Å². The predicted octanol–water partition coefficient (Wildman–Crippen LogP) is 22.4. The molecule has 0 aromatic heterocycles. The quantitative estimate of drug-likeness (QED) is 0.0243. The van der Waals surface area contributed by atoms with E-state index in [1.54, 1.807) is 6.08 Å². The third-order valence-corrected chi connectivity index (χ3v) is 17.3. The number of phosphoric acid groups is 1. The van der Waals surface area contributed by atoms with Crippen LogP contribution in [0.15, 0.2) is 36.5 Å². The molecule has 0 fully saturated rings. The molecule has 0 saturated heterocycles. The number of phosphoric ester groups is 1. The molecule has 1 amide bonds. The zero-order valence-corrected chi connectivity index (χ0v) is 55.2. The maximum Gasteiger partial charge on any atom is 0.472 e. The van der Waals surface area contributed by atoms with Crippen LogP contribution in [0.2, 0.25) is 0 Å². The Morgan fingerprint density at radius 1 is 0.412 bits per heavy atom. The van der Waals surface area contributed by atoms with E-state index in [2.05, 4.69) is 43.5 Å². The largest absolute Gasteiger partial charge is 0.472 e. The van der Waals surface area contributed by atoms with Gasteiger partial charge >= 0.3 is 7.82 Å². The number of carbonyl (C=O) groups excluding carboxylic acids is 1. The number of allylic oxidation sites excluding steroid dienone is 5. The number of aliphatic hydroxyl groups is 1. The van der Waals surface area contributed by atoms with Crippen LogP contribution in [0.25, 0.3) is 0 Å². The molecular weight excluding hydrogens is 1010 g/mol. The molecule has 474 valence electrons. The molecule has 0 aliphatic carbocycles. The molecule has 3 N–H and O–H groups in total. The van der Waals surface area contributed by atoms with Gasteiger partial charge in [0.2, 0.25) is 5.91 Å². The lowest BCUT2D eigenvalue weighted by Crippen LogP contribution is -2.45. The second-order valence-corrected chi connectivity index (χ2v) is 27.1. The fraction of sp³-hybridized carbons (Fsp3) is 0.901. The van der Waals surface area contributed by atoms with Crippen molar-refractivity contribution in [1.82, 2.24) is 5.32 Å². The highest BCUT2D eigenvalue weighted by molar-refractivity contribution is 7.47. The van der Waals surface area contributed by atoms with Gasteiger partial charge in [-0.1, -0.05) is 333 Å². The lowest BCUT2D eigenvalue weighted by Gasteiger charge is -2.25. The summed E-state index contributed by atoms with van der Waals surface area (Å²) in [6.07, 6.45) is 83.1. The zero-order chi connectivity index (χ0) is 58.4. The molecule has 0 aliphatic heterocycles. The number of likely N-dealkylation sites (N-methyl/N-ethyl adjacent to an activating group) is 1. The van der Waals surface area contributed by atoms with Crippen LogP contribution in [0, 0.1) is 0 Å². The van der Waals surface area contributed by atoms with Crippen LogP contribution in [0.5, 0.6) is 0 Å². The smallest absolute Gasteiger partial charge is 0.387 e. The molecule has 0 heterocycles. The molecule has 0 aromatic carbocycles. The van der Waals surface area contributed by atoms with Gasteiger partial charge in [-0.15, -0.1) is 0 Å². The van der Waals surface area contributed by atoms with Gasteiger partial charge in [-0.05, 0) is 57.8 Å². The molecule has 0 bridgehead atoms. The van der Waals surface area contributed by atoms with Crippen molar-refractivity contribution in [2.45, 2.75) is 373 Å². The second-order valence-electron chi connectivity index (χ2n) is 25.6. The number of rotatable bonds is 66. The van der Waals surface area contributed by atoms with Gasteiger partial charge in [-0.25, -0.2) is 4.57 Å². The van der Waals surface area contributed by atoms with E-state index in [1.807, 2.05) is 27.2 Å². The number of nitrogens with one attached hydrogen (secondary N) is 1. The number of hydrogen-bond acceptors (Lipinski definition) is 5. The Morgan fingerprint density at radius 3 is 1.00 bits per heavy atom. The van der Waals surface area contributed by atoms with Crippen LogP contribution in [0.4, 0.5) is 0 Å². The molecule has 80 heavy (non-hydrogen) atoms. The van der Waals surface area contributed by atoms with Gasteiger partial charge in [0.15, 0.2) is 0 Å². The lowest BCUT2D eigenvalue weighted by atomic mass is 10.0. The highest BCUT2D eigenvalue weighted by atomic mass is 31.2. The number of carbonyl (C=O) groups is 1. The summed E-state index contributed by atoms with van der Waals surface area (Å²) in [7, 11) is 1.57. The fourth-order valence-electron chi connectivity index (χ4n) is 10.8. The van der Waals surface area contributed by atoms with Crippen LogP contribution in [-0.2, 0) is 18.4 Å². The first kappa shape index (κ1) is 78.7. The third-order valence-electron chi connectivity index (χ3n) is 16.3. The fourth-order valence-corrected chi connectivity index (χ4v) is 11.6. The summed E-state index contributed by atoms with van der Waals surface area (Å²) >= 11 is 0. The Hall–Kier alpha value is -1.28. The van der Waals surface area contributed by atoms with Crippen LogP contribution in [-0.4, -0.2) is 73.4 Å². The van der Waals surface area contributed by atoms with Gasteiger partial charge in [-0.3, -0.25) is 13.8 Å². The molecule has 3 unspecified atom stereocenters. The molecule has 8 nitrogen and oxygen atoms in total. The molecule has 0 spiro atoms. The van der Waals surface area contributed by atoms with E-state index >= 15 is 0 Å². The van der Waals surface area contributed by atoms with Gasteiger partial charge < -0.3 is 19.8 Å². The summed E-state index contributed by atoms with van der Waals surface area (Å²) in [4.78, 5) is 23.4. The first-order chi connectivity index (χ1) is 39.0. The van der Waals surface area contributed by atoms with Crippen LogP contribution in [0.1, 0.15) is 361 Å². The normalized spacial score (nSPS) is 13.8. The van der Waals surface area contributed by atoms with Crippen molar-refractivity contribution in [1.29, 1.82) is 0 Å². The monoisotopic (exact) mass is 1150 g/mol. The van der Waals surface area contributed by atoms with E-state index in [0.29, 0.717) is 17.4 Å². The topological polar surface area (TPSA) is 105 Å². The molecule has 0 aromatic rings. The van der Waals surface area contributed by atoms with E-state index < -0.39 is 20.0 Å². The van der Waals surface area contributed by atoms with Crippen molar-refractivity contribution in [3.63, 3.8) is 0 Å². The van der Waals surface area contributed by atoms with Crippen LogP contribution < -0.4 is 5.32 Å². The standard InChI is InChI=1S/C71H139N2O6P/c1-6-8-10-12-14-16-18-20-22-24-26-28-29-30-31-32-33-34-35-36-37-38-39-40-41-42-43-45-47-49-51-53-55-57-59-61-63-65-71(75)72-69(68-79-80(76,77)78-67-66-73(3,4)5)70(74)64-62-60-58-56-54-52-50-48-46-44-27-25-23-21-19-17-15-13-11-9-7-2/h34-35,54,56,62,64,69-70,74H,6-33,36-53,55,57-61,63,65-68H2,1-5H3,(H-,72,75,76,77)/p+1/b35-34-,56-54+,64-62+. The van der Waals surface area contributed by atoms with E-state index in [4.69, 9.17) is 9.05 Å². The Bertz CT molecular complexity index is 1400. The van der Waals surface area contributed by atoms with E-state index in [0.717, 1.165) is 38.5 Å². The molecule has 9 heteroatoms. The summed E-state index contributed by atoms with van der Waals surface area (Å²) in [6, 6.07) is -0.863. The molecule has 0 aliphatic rings. The van der Waals surface area contributed by atoms with Crippen molar-refractivity contribution in [2.24, 2.45) is 0 Å². The minimum atomic E-state index is -4.36. The van der Waals surface area contributed by atoms with Gasteiger partial charge in [-0.2, -0.15) is 0 Å². The van der Waals surface area contributed by atoms with E-state index in [1.165, 1.54) is 302 Å².